The zero-order valence-electron chi connectivity index (χ0n) is 4.94. The second-order valence-electron chi connectivity index (χ2n) is 1.66. The lowest BCUT2D eigenvalue weighted by Gasteiger charge is -2.01. The van der Waals surface area contributed by atoms with Crippen LogP contribution in [0.3, 0.4) is 0 Å². The minimum atomic E-state index is 0.486. The topological polar surface area (TPSA) is 12.0 Å². The number of thiol groups is 1. The lowest BCUT2D eigenvalue weighted by Crippen LogP contribution is -2.20. The van der Waals surface area contributed by atoms with Gasteiger partial charge in [0.05, 0.1) is 0 Å². The van der Waals surface area contributed by atoms with Gasteiger partial charge in [0.2, 0.25) is 0 Å². The van der Waals surface area contributed by atoms with Gasteiger partial charge in [-0.15, -0.1) is 0 Å². The largest absolute Gasteiger partial charge is 0.316 e. The maximum atomic E-state index is 4.17. The molecule has 0 aromatic carbocycles. The maximum absolute atomic E-state index is 4.17. The first-order chi connectivity index (χ1) is 3.27. The quantitative estimate of drug-likeness (QED) is 0.526. The smallest absolute Gasteiger partial charge is 0.0113 e. The molecular formula is C5H13NS. The van der Waals surface area contributed by atoms with Gasteiger partial charge in [-0.3, -0.25) is 0 Å². The molecule has 1 atom stereocenters. The van der Waals surface area contributed by atoms with Gasteiger partial charge in [0.15, 0.2) is 0 Å². The van der Waals surface area contributed by atoms with E-state index >= 15 is 0 Å². The van der Waals surface area contributed by atoms with Gasteiger partial charge in [0, 0.05) is 11.8 Å². The van der Waals surface area contributed by atoms with E-state index in [0.717, 1.165) is 13.1 Å². The van der Waals surface area contributed by atoms with Crippen LogP contribution in [-0.2, 0) is 0 Å². The molecule has 0 saturated carbocycles. The predicted octanol–water partition coefficient (Wildman–Crippen LogP) is 0.914. The van der Waals surface area contributed by atoms with E-state index in [1.54, 1.807) is 0 Å². The van der Waals surface area contributed by atoms with Gasteiger partial charge < -0.3 is 5.32 Å². The van der Waals surface area contributed by atoms with Crippen LogP contribution in [-0.4, -0.2) is 18.3 Å². The molecule has 0 unspecified atom stereocenters. The summed E-state index contributed by atoms with van der Waals surface area (Å²) in [5.74, 6) is 0. The van der Waals surface area contributed by atoms with Crippen LogP contribution in [0, 0.1) is 0 Å². The number of nitrogens with one attached hydrogen (secondary N) is 1. The third-order valence-electron chi connectivity index (χ3n) is 0.690. The van der Waals surface area contributed by atoms with Crippen molar-refractivity contribution in [2.24, 2.45) is 0 Å². The molecule has 0 aromatic rings. The molecule has 0 rings (SSSR count). The van der Waals surface area contributed by atoms with Crippen molar-refractivity contribution < 1.29 is 0 Å². The summed E-state index contributed by atoms with van der Waals surface area (Å²) < 4.78 is 0. The van der Waals surface area contributed by atoms with E-state index in [1.165, 1.54) is 0 Å². The van der Waals surface area contributed by atoms with Gasteiger partial charge in [-0.1, -0.05) is 13.8 Å². The molecule has 2 heteroatoms. The molecule has 0 amide bonds. The van der Waals surface area contributed by atoms with Crippen molar-refractivity contribution in [3.8, 4) is 0 Å². The van der Waals surface area contributed by atoms with Gasteiger partial charge in [0.1, 0.15) is 0 Å². The highest BCUT2D eigenvalue weighted by Gasteiger charge is 1.87. The Morgan fingerprint density at radius 2 is 2.29 bits per heavy atom. The van der Waals surface area contributed by atoms with Crippen LogP contribution in [0.1, 0.15) is 13.8 Å². The molecule has 0 bridgehead atoms. The highest BCUT2D eigenvalue weighted by Crippen LogP contribution is 1.86. The van der Waals surface area contributed by atoms with Gasteiger partial charge >= 0.3 is 0 Å². The second kappa shape index (κ2) is 4.47. The Morgan fingerprint density at radius 1 is 1.71 bits per heavy atom. The highest BCUT2D eigenvalue weighted by atomic mass is 32.1. The van der Waals surface area contributed by atoms with Crippen molar-refractivity contribution in [2.45, 2.75) is 19.1 Å². The van der Waals surface area contributed by atoms with Crippen molar-refractivity contribution in [1.29, 1.82) is 0 Å². The molecule has 1 nitrogen and oxygen atoms in total. The van der Waals surface area contributed by atoms with E-state index in [4.69, 9.17) is 0 Å². The Balaban J connectivity index is 2.68. The van der Waals surface area contributed by atoms with Gasteiger partial charge in [-0.2, -0.15) is 12.6 Å². The Labute approximate surface area is 50.9 Å². The van der Waals surface area contributed by atoms with E-state index in [0.29, 0.717) is 5.25 Å². The fraction of sp³-hybridized carbons (Fsp3) is 1.00. The molecule has 0 aromatic heterocycles. The molecule has 0 fully saturated rings. The van der Waals surface area contributed by atoms with Crippen LogP contribution in [0.5, 0.6) is 0 Å². The van der Waals surface area contributed by atoms with Crippen molar-refractivity contribution in [2.75, 3.05) is 13.1 Å². The van der Waals surface area contributed by atoms with Crippen LogP contribution in [0.25, 0.3) is 0 Å². The minimum Gasteiger partial charge on any atom is -0.316 e. The summed E-state index contributed by atoms with van der Waals surface area (Å²) in [4.78, 5) is 0. The third-order valence-corrected chi connectivity index (χ3v) is 0.872. The zero-order chi connectivity index (χ0) is 5.70. The summed E-state index contributed by atoms with van der Waals surface area (Å²) in [6.45, 7) is 6.23. The van der Waals surface area contributed by atoms with Gasteiger partial charge in [0.25, 0.3) is 0 Å². The number of rotatable bonds is 3. The maximum Gasteiger partial charge on any atom is 0.0113 e. The first-order valence-electron chi connectivity index (χ1n) is 2.66. The monoisotopic (exact) mass is 119 g/mol. The van der Waals surface area contributed by atoms with E-state index in [1.807, 2.05) is 0 Å². The highest BCUT2D eigenvalue weighted by molar-refractivity contribution is 7.80. The first kappa shape index (κ1) is 7.31. The fourth-order valence-electron chi connectivity index (χ4n) is 0.353. The summed E-state index contributed by atoms with van der Waals surface area (Å²) in [6.07, 6.45) is 0. The predicted molar refractivity (Wildman–Crippen MR) is 37.0 cm³/mol. The SMILES string of the molecule is CCNC[C@@H](C)S. The van der Waals surface area contributed by atoms with Crippen molar-refractivity contribution in [3.05, 3.63) is 0 Å². The third kappa shape index (κ3) is 6.31. The summed E-state index contributed by atoms with van der Waals surface area (Å²) in [7, 11) is 0. The van der Waals surface area contributed by atoms with Gasteiger partial charge in [-0.25, -0.2) is 0 Å². The first-order valence-corrected chi connectivity index (χ1v) is 3.17. The normalized spacial score (nSPS) is 14.1. The van der Waals surface area contributed by atoms with E-state index in [-0.39, 0.29) is 0 Å². The summed E-state index contributed by atoms with van der Waals surface area (Å²) in [5.41, 5.74) is 0. The summed E-state index contributed by atoms with van der Waals surface area (Å²) in [5, 5.41) is 3.66. The number of hydrogen-bond acceptors (Lipinski definition) is 2. The average Bonchev–Trinajstić information content (AvgIpc) is 1.61. The van der Waals surface area contributed by atoms with Crippen LogP contribution >= 0.6 is 12.6 Å². The second-order valence-corrected chi connectivity index (χ2v) is 2.54. The zero-order valence-corrected chi connectivity index (χ0v) is 5.83. The van der Waals surface area contributed by atoms with Crippen molar-refractivity contribution in [1.82, 2.24) is 5.32 Å². The van der Waals surface area contributed by atoms with Crippen molar-refractivity contribution >= 4 is 12.6 Å². The lowest BCUT2D eigenvalue weighted by atomic mass is 10.5. The molecule has 44 valence electrons. The van der Waals surface area contributed by atoms with E-state index in [2.05, 4.69) is 31.8 Å². The van der Waals surface area contributed by atoms with Crippen LogP contribution in [0.4, 0.5) is 0 Å². The molecule has 0 heterocycles. The Hall–Kier alpha value is 0.310. The van der Waals surface area contributed by atoms with Crippen molar-refractivity contribution in [3.63, 3.8) is 0 Å². The Bertz CT molecular complexity index is 37.1. The summed E-state index contributed by atoms with van der Waals surface area (Å²) in [6, 6.07) is 0. The fourth-order valence-corrected chi connectivity index (χ4v) is 0.482. The molecule has 1 N–H and O–H groups in total. The average molecular weight is 119 g/mol. The standard InChI is InChI=1S/C5H13NS/c1-3-6-4-5(2)7/h5-7H,3-4H2,1-2H3/t5-/m1/s1. The van der Waals surface area contributed by atoms with Crippen LogP contribution < -0.4 is 5.32 Å². The van der Waals surface area contributed by atoms with E-state index in [9.17, 15) is 0 Å². The lowest BCUT2D eigenvalue weighted by molar-refractivity contribution is 0.715. The summed E-state index contributed by atoms with van der Waals surface area (Å²) >= 11 is 4.17. The molecule has 0 radical (unpaired) electrons. The number of hydrogen-bond donors (Lipinski definition) is 2. The molecule has 0 saturated heterocycles. The Morgan fingerprint density at radius 3 is 2.43 bits per heavy atom. The van der Waals surface area contributed by atoms with Gasteiger partial charge in [-0.05, 0) is 6.54 Å². The Kier molecular flexibility index (Phi) is 4.67. The van der Waals surface area contributed by atoms with Crippen LogP contribution in [0.15, 0.2) is 0 Å². The van der Waals surface area contributed by atoms with E-state index < -0.39 is 0 Å². The minimum absolute atomic E-state index is 0.486. The molecule has 0 aliphatic carbocycles. The van der Waals surface area contributed by atoms with Crippen LogP contribution in [0.2, 0.25) is 0 Å². The molecule has 7 heavy (non-hydrogen) atoms. The molecule has 0 spiro atoms. The molecule has 0 aliphatic heterocycles. The molecule has 0 aliphatic rings. The molecular weight excluding hydrogens is 106 g/mol.